The fourth-order valence-electron chi connectivity index (χ4n) is 2.90. The van der Waals surface area contributed by atoms with E-state index in [9.17, 15) is 0 Å². The van der Waals surface area contributed by atoms with Crippen LogP contribution in [0, 0.1) is 0 Å². The lowest BCUT2D eigenvalue weighted by Crippen LogP contribution is -2.14. The molecular formula is C22H40Cl2N2S. The molecule has 0 aliphatic carbocycles. The molecule has 1 aromatic rings. The van der Waals surface area contributed by atoms with Gasteiger partial charge in [0.25, 0.3) is 0 Å². The standard InChI is InChI=1S/C22H38N2S.2ClH/c1-3-17-23-19-11-8-6-5-7-9-13-21-15-16-22(25-21)14-10-12-20-24-18-4-2;;/h3-4,15-16,23-24H,1-2,5-14,17-20H2;2*1H. The number of halogens is 2. The van der Waals surface area contributed by atoms with Gasteiger partial charge in [-0.2, -0.15) is 0 Å². The van der Waals surface area contributed by atoms with Crippen LogP contribution in [0.2, 0.25) is 0 Å². The van der Waals surface area contributed by atoms with Gasteiger partial charge >= 0.3 is 0 Å². The Kier molecular flexibility index (Phi) is 23.5. The Balaban J connectivity index is 0. The summed E-state index contributed by atoms with van der Waals surface area (Å²) >= 11 is 2.03. The Hall–Kier alpha value is -0.320. The van der Waals surface area contributed by atoms with Crippen molar-refractivity contribution >= 4 is 36.2 Å². The van der Waals surface area contributed by atoms with Crippen molar-refractivity contribution in [3.63, 3.8) is 0 Å². The first-order valence-electron chi connectivity index (χ1n) is 10.1. The average Bonchev–Trinajstić information content (AvgIpc) is 3.07. The molecule has 0 saturated carbocycles. The van der Waals surface area contributed by atoms with Crippen LogP contribution in [-0.4, -0.2) is 26.2 Å². The van der Waals surface area contributed by atoms with Gasteiger partial charge in [0.1, 0.15) is 0 Å². The van der Waals surface area contributed by atoms with Gasteiger partial charge in [-0.15, -0.1) is 49.3 Å². The lowest BCUT2D eigenvalue weighted by molar-refractivity contribution is 0.577. The van der Waals surface area contributed by atoms with E-state index < -0.39 is 0 Å². The van der Waals surface area contributed by atoms with E-state index in [0.29, 0.717) is 0 Å². The second-order valence-corrected chi connectivity index (χ2v) is 7.93. The molecule has 0 radical (unpaired) electrons. The van der Waals surface area contributed by atoms with Gasteiger partial charge in [0.2, 0.25) is 0 Å². The molecule has 0 unspecified atom stereocenters. The molecule has 0 fully saturated rings. The number of thiophene rings is 1. The normalized spacial score (nSPS) is 10.1. The Morgan fingerprint density at radius 3 is 1.59 bits per heavy atom. The molecule has 0 bridgehead atoms. The maximum absolute atomic E-state index is 3.72. The van der Waals surface area contributed by atoms with Crippen molar-refractivity contribution in [2.24, 2.45) is 0 Å². The van der Waals surface area contributed by atoms with E-state index in [1.54, 1.807) is 9.75 Å². The Morgan fingerprint density at radius 1 is 0.667 bits per heavy atom. The number of hydrogen-bond donors (Lipinski definition) is 2. The van der Waals surface area contributed by atoms with Crippen molar-refractivity contribution < 1.29 is 0 Å². The van der Waals surface area contributed by atoms with E-state index in [-0.39, 0.29) is 24.8 Å². The summed E-state index contributed by atoms with van der Waals surface area (Å²) in [5, 5.41) is 6.73. The second kappa shape index (κ2) is 22.0. The molecule has 5 heteroatoms. The molecule has 158 valence electrons. The zero-order valence-electron chi connectivity index (χ0n) is 16.8. The summed E-state index contributed by atoms with van der Waals surface area (Å²) in [6.07, 6.45) is 17.0. The molecule has 27 heavy (non-hydrogen) atoms. The SMILES string of the molecule is C=CCNCCCCCCCCc1ccc(CCCCNCC=C)s1.Cl.Cl. The van der Waals surface area contributed by atoms with Gasteiger partial charge in [-0.25, -0.2) is 0 Å². The lowest BCUT2D eigenvalue weighted by atomic mass is 10.1. The molecule has 2 nitrogen and oxygen atoms in total. The van der Waals surface area contributed by atoms with Gasteiger partial charge in [-0.1, -0.05) is 37.8 Å². The maximum Gasteiger partial charge on any atom is 0.0132 e. The van der Waals surface area contributed by atoms with E-state index in [0.717, 1.165) is 26.2 Å². The number of unbranched alkanes of at least 4 members (excludes halogenated alkanes) is 6. The first-order chi connectivity index (χ1) is 12.4. The predicted octanol–water partition coefficient (Wildman–Crippen LogP) is 6.35. The maximum atomic E-state index is 3.72. The van der Waals surface area contributed by atoms with Crippen LogP contribution in [0.1, 0.15) is 61.1 Å². The molecule has 1 rings (SSSR count). The van der Waals surface area contributed by atoms with Gasteiger partial charge in [0, 0.05) is 22.8 Å². The molecule has 1 heterocycles. The molecule has 1 aromatic heterocycles. The number of nitrogens with one attached hydrogen (secondary N) is 2. The van der Waals surface area contributed by atoms with Crippen LogP contribution in [0.25, 0.3) is 0 Å². The average molecular weight is 436 g/mol. The van der Waals surface area contributed by atoms with Crippen LogP contribution in [0.3, 0.4) is 0 Å². The highest BCUT2D eigenvalue weighted by Gasteiger charge is 2.01. The summed E-state index contributed by atoms with van der Waals surface area (Å²) in [4.78, 5) is 3.14. The first kappa shape index (κ1) is 28.9. The molecule has 2 N–H and O–H groups in total. The van der Waals surface area contributed by atoms with E-state index >= 15 is 0 Å². The second-order valence-electron chi connectivity index (χ2n) is 6.68. The highest BCUT2D eigenvalue weighted by atomic mass is 35.5. The molecule has 0 spiro atoms. The summed E-state index contributed by atoms with van der Waals surface area (Å²) in [6.45, 7) is 11.5. The number of aryl methyl sites for hydroxylation is 2. The zero-order valence-corrected chi connectivity index (χ0v) is 19.3. The van der Waals surface area contributed by atoms with Crippen LogP contribution >= 0.6 is 36.2 Å². The van der Waals surface area contributed by atoms with Gasteiger partial charge < -0.3 is 10.6 Å². The lowest BCUT2D eigenvalue weighted by Gasteiger charge is -2.02. The third kappa shape index (κ3) is 17.5. The summed E-state index contributed by atoms with van der Waals surface area (Å²) < 4.78 is 0. The van der Waals surface area contributed by atoms with Crippen molar-refractivity contribution in [1.82, 2.24) is 10.6 Å². The van der Waals surface area contributed by atoms with Crippen LogP contribution in [-0.2, 0) is 12.8 Å². The van der Waals surface area contributed by atoms with Crippen molar-refractivity contribution in [3.8, 4) is 0 Å². The minimum absolute atomic E-state index is 0. The Morgan fingerprint density at radius 2 is 1.07 bits per heavy atom. The third-order valence-corrected chi connectivity index (χ3v) is 5.55. The predicted molar refractivity (Wildman–Crippen MR) is 129 cm³/mol. The molecular weight excluding hydrogens is 395 g/mol. The quantitative estimate of drug-likeness (QED) is 0.207. The number of hydrogen-bond acceptors (Lipinski definition) is 3. The minimum atomic E-state index is 0. The van der Waals surface area contributed by atoms with Crippen LogP contribution in [0.5, 0.6) is 0 Å². The summed E-state index contributed by atoms with van der Waals surface area (Å²) in [6, 6.07) is 4.69. The monoisotopic (exact) mass is 434 g/mol. The Labute approximate surface area is 184 Å². The minimum Gasteiger partial charge on any atom is -0.313 e. The molecule has 0 atom stereocenters. The van der Waals surface area contributed by atoms with Crippen LogP contribution in [0.15, 0.2) is 37.4 Å². The summed E-state index contributed by atoms with van der Waals surface area (Å²) in [5.74, 6) is 0. The summed E-state index contributed by atoms with van der Waals surface area (Å²) in [7, 11) is 0. The van der Waals surface area contributed by atoms with E-state index in [4.69, 9.17) is 0 Å². The van der Waals surface area contributed by atoms with E-state index in [2.05, 4.69) is 35.9 Å². The van der Waals surface area contributed by atoms with Gasteiger partial charge in [0.05, 0.1) is 0 Å². The molecule has 0 aromatic carbocycles. The number of rotatable bonds is 18. The Bertz CT molecular complexity index is 449. The van der Waals surface area contributed by atoms with Crippen LogP contribution < -0.4 is 10.6 Å². The van der Waals surface area contributed by atoms with E-state index in [1.807, 2.05) is 23.5 Å². The summed E-state index contributed by atoms with van der Waals surface area (Å²) in [5.41, 5.74) is 0. The van der Waals surface area contributed by atoms with E-state index in [1.165, 1.54) is 64.2 Å². The highest BCUT2D eigenvalue weighted by molar-refractivity contribution is 7.11. The molecule has 0 aliphatic heterocycles. The van der Waals surface area contributed by atoms with Gasteiger partial charge in [-0.3, -0.25) is 0 Å². The molecule has 0 aliphatic rings. The third-order valence-electron chi connectivity index (χ3n) is 4.35. The largest absolute Gasteiger partial charge is 0.313 e. The fourth-order valence-corrected chi connectivity index (χ4v) is 4.01. The van der Waals surface area contributed by atoms with Crippen molar-refractivity contribution in [2.45, 2.75) is 64.2 Å². The smallest absolute Gasteiger partial charge is 0.0132 e. The molecule has 0 amide bonds. The van der Waals surface area contributed by atoms with Gasteiger partial charge in [-0.05, 0) is 63.7 Å². The van der Waals surface area contributed by atoms with Crippen LogP contribution in [0.4, 0.5) is 0 Å². The molecule has 0 saturated heterocycles. The zero-order chi connectivity index (χ0) is 18.0. The van der Waals surface area contributed by atoms with Crippen molar-refractivity contribution in [1.29, 1.82) is 0 Å². The van der Waals surface area contributed by atoms with Crippen molar-refractivity contribution in [2.75, 3.05) is 26.2 Å². The topological polar surface area (TPSA) is 24.1 Å². The van der Waals surface area contributed by atoms with Crippen molar-refractivity contribution in [3.05, 3.63) is 47.2 Å². The van der Waals surface area contributed by atoms with Gasteiger partial charge in [0.15, 0.2) is 0 Å². The fraction of sp³-hybridized carbons (Fsp3) is 0.636. The highest BCUT2D eigenvalue weighted by Crippen LogP contribution is 2.21. The first-order valence-corrected chi connectivity index (χ1v) is 10.9.